The molecule has 2 fully saturated rings. The summed E-state index contributed by atoms with van der Waals surface area (Å²) in [6.45, 7) is 3.31. The monoisotopic (exact) mass is 230 g/mol. The van der Waals surface area contributed by atoms with Crippen molar-refractivity contribution in [1.82, 2.24) is 9.80 Å². The zero-order chi connectivity index (χ0) is 11.7. The van der Waals surface area contributed by atoms with Gasteiger partial charge in [-0.05, 0) is 18.4 Å². The summed E-state index contributed by atoms with van der Waals surface area (Å²) in [5.74, 6) is 0.284. The summed E-state index contributed by atoms with van der Waals surface area (Å²) >= 11 is 0. The van der Waals surface area contributed by atoms with Crippen molar-refractivity contribution < 1.29 is 4.79 Å². The average molecular weight is 230 g/mol. The molecule has 2 aliphatic rings. The first-order valence-electron chi connectivity index (χ1n) is 6.39. The third kappa shape index (κ3) is 2.50. The first-order valence-corrected chi connectivity index (χ1v) is 6.39. The molecule has 0 radical (unpaired) electrons. The van der Waals surface area contributed by atoms with Gasteiger partial charge in [-0.3, -0.25) is 9.69 Å². The van der Waals surface area contributed by atoms with E-state index < -0.39 is 0 Å². The van der Waals surface area contributed by atoms with Crippen molar-refractivity contribution in [3.05, 3.63) is 35.9 Å². The lowest BCUT2D eigenvalue weighted by molar-refractivity contribution is -0.136. The first kappa shape index (κ1) is 10.8. The second-order valence-electron chi connectivity index (χ2n) is 5.00. The maximum absolute atomic E-state index is 12.0. The van der Waals surface area contributed by atoms with Crippen LogP contribution in [-0.4, -0.2) is 41.4 Å². The molecule has 0 aromatic heterocycles. The number of rotatable bonds is 3. The van der Waals surface area contributed by atoms with E-state index in [2.05, 4.69) is 17.0 Å². The van der Waals surface area contributed by atoms with Gasteiger partial charge in [0.05, 0.1) is 6.54 Å². The van der Waals surface area contributed by atoms with Gasteiger partial charge < -0.3 is 4.90 Å². The highest BCUT2D eigenvalue weighted by atomic mass is 16.2. The quantitative estimate of drug-likeness (QED) is 0.785. The fraction of sp³-hybridized carbons (Fsp3) is 0.500. The number of benzene rings is 1. The van der Waals surface area contributed by atoms with E-state index in [4.69, 9.17) is 0 Å². The molecule has 1 aliphatic heterocycles. The Morgan fingerprint density at radius 2 is 1.88 bits per heavy atom. The van der Waals surface area contributed by atoms with Crippen molar-refractivity contribution in [1.29, 1.82) is 0 Å². The fourth-order valence-electron chi connectivity index (χ4n) is 2.45. The third-order valence-corrected chi connectivity index (χ3v) is 3.63. The van der Waals surface area contributed by atoms with E-state index in [1.165, 1.54) is 18.4 Å². The van der Waals surface area contributed by atoms with Crippen LogP contribution in [0.3, 0.4) is 0 Å². The van der Waals surface area contributed by atoms with E-state index in [-0.39, 0.29) is 5.91 Å². The molecule has 0 unspecified atom stereocenters. The molecule has 3 rings (SSSR count). The van der Waals surface area contributed by atoms with Gasteiger partial charge in [0, 0.05) is 25.7 Å². The van der Waals surface area contributed by atoms with Gasteiger partial charge in [-0.15, -0.1) is 0 Å². The number of amides is 1. The van der Waals surface area contributed by atoms with E-state index in [9.17, 15) is 4.79 Å². The van der Waals surface area contributed by atoms with Gasteiger partial charge in [0.1, 0.15) is 0 Å². The Balaban J connectivity index is 1.60. The second kappa shape index (κ2) is 4.49. The molecule has 3 heteroatoms. The molecule has 17 heavy (non-hydrogen) atoms. The number of carbonyl (C=O) groups is 1. The zero-order valence-corrected chi connectivity index (χ0v) is 10.0. The summed E-state index contributed by atoms with van der Waals surface area (Å²) in [6.07, 6.45) is 2.57. The van der Waals surface area contributed by atoms with Crippen LogP contribution < -0.4 is 0 Å². The lowest BCUT2D eigenvalue weighted by Gasteiger charge is -2.34. The number of hydrogen-bond donors (Lipinski definition) is 0. The molecule has 3 nitrogen and oxygen atoms in total. The molecule has 1 amide bonds. The number of nitrogens with zero attached hydrogens (tertiary/aromatic N) is 2. The summed E-state index contributed by atoms with van der Waals surface area (Å²) in [5.41, 5.74) is 1.22. The Morgan fingerprint density at radius 1 is 1.12 bits per heavy atom. The zero-order valence-electron chi connectivity index (χ0n) is 10.0. The fourth-order valence-corrected chi connectivity index (χ4v) is 2.45. The predicted molar refractivity (Wildman–Crippen MR) is 66.5 cm³/mol. The van der Waals surface area contributed by atoms with Gasteiger partial charge in [-0.1, -0.05) is 30.3 Å². The highest BCUT2D eigenvalue weighted by Crippen LogP contribution is 2.27. The van der Waals surface area contributed by atoms with Crippen LogP contribution in [0, 0.1) is 0 Å². The summed E-state index contributed by atoms with van der Waals surface area (Å²) < 4.78 is 0. The average Bonchev–Trinajstić information content (AvgIpc) is 3.17. The van der Waals surface area contributed by atoms with E-state index in [1.54, 1.807) is 0 Å². The lowest BCUT2D eigenvalue weighted by Crippen LogP contribution is -2.50. The Kier molecular flexibility index (Phi) is 2.85. The predicted octanol–water partition coefficient (Wildman–Crippen LogP) is 1.49. The molecular formula is C14H18N2O. The summed E-state index contributed by atoms with van der Waals surface area (Å²) in [4.78, 5) is 16.3. The molecule has 1 aromatic rings. The van der Waals surface area contributed by atoms with Crippen molar-refractivity contribution in [2.45, 2.75) is 25.4 Å². The molecule has 1 saturated carbocycles. The summed E-state index contributed by atoms with van der Waals surface area (Å²) in [7, 11) is 0. The largest absolute Gasteiger partial charge is 0.336 e. The van der Waals surface area contributed by atoms with E-state index in [0.29, 0.717) is 12.6 Å². The first-order chi connectivity index (χ1) is 8.33. The Morgan fingerprint density at radius 3 is 2.53 bits per heavy atom. The molecule has 1 aliphatic carbocycles. The van der Waals surface area contributed by atoms with Gasteiger partial charge in [-0.2, -0.15) is 0 Å². The van der Waals surface area contributed by atoms with Gasteiger partial charge in [0.15, 0.2) is 0 Å². The Hall–Kier alpha value is -1.35. The van der Waals surface area contributed by atoms with Gasteiger partial charge >= 0.3 is 0 Å². The van der Waals surface area contributed by atoms with Crippen LogP contribution in [-0.2, 0) is 11.3 Å². The van der Waals surface area contributed by atoms with Gasteiger partial charge in [-0.25, -0.2) is 0 Å². The Labute approximate surface area is 102 Å². The van der Waals surface area contributed by atoms with Crippen LogP contribution in [0.4, 0.5) is 0 Å². The normalized spacial score (nSPS) is 21.9. The van der Waals surface area contributed by atoms with Crippen LogP contribution in [0.5, 0.6) is 0 Å². The van der Waals surface area contributed by atoms with Crippen molar-refractivity contribution in [2.75, 3.05) is 19.6 Å². The smallest absolute Gasteiger partial charge is 0.237 e. The highest BCUT2D eigenvalue weighted by Gasteiger charge is 2.34. The molecule has 1 heterocycles. The van der Waals surface area contributed by atoms with E-state index in [1.807, 2.05) is 23.1 Å². The minimum Gasteiger partial charge on any atom is -0.336 e. The van der Waals surface area contributed by atoms with Crippen LogP contribution in [0.2, 0.25) is 0 Å². The van der Waals surface area contributed by atoms with Crippen LogP contribution >= 0.6 is 0 Å². The molecule has 1 aromatic carbocycles. The molecule has 90 valence electrons. The van der Waals surface area contributed by atoms with Crippen molar-refractivity contribution in [2.24, 2.45) is 0 Å². The molecule has 1 saturated heterocycles. The summed E-state index contributed by atoms with van der Waals surface area (Å²) in [6, 6.07) is 10.9. The minimum absolute atomic E-state index is 0.284. The summed E-state index contributed by atoms with van der Waals surface area (Å²) in [5, 5.41) is 0. The molecule has 0 spiro atoms. The molecule has 0 N–H and O–H groups in total. The topological polar surface area (TPSA) is 23.6 Å². The minimum atomic E-state index is 0.284. The maximum atomic E-state index is 12.0. The lowest BCUT2D eigenvalue weighted by atomic mass is 10.2. The Bertz CT molecular complexity index is 400. The van der Waals surface area contributed by atoms with Gasteiger partial charge in [0.2, 0.25) is 5.91 Å². The molecular weight excluding hydrogens is 212 g/mol. The maximum Gasteiger partial charge on any atom is 0.237 e. The van der Waals surface area contributed by atoms with Crippen LogP contribution in [0.1, 0.15) is 18.4 Å². The van der Waals surface area contributed by atoms with Gasteiger partial charge in [0.25, 0.3) is 0 Å². The van der Waals surface area contributed by atoms with Crippen molar-refractivity contribution in [3.8, 4) is 0 Å². The standard InChI is InChI=1S/C14H18N2O/c17-14-11-15(13-6-7-13)8-9-16(14)10-12-4-2-1-3-5-12/h1-5,13H,6-11H2. The van der Waals surface area contributed by atoms with Crippen LogP contribution in [0.25, 0.3) is 0 Å². The van der Waals surface area contributed by atoms with Crippen LogP contribution in [0.15, 0.2) is 30.3 Å². The van der Waals surface area contributed by atoms with Crippen molar-refractivity contribution in [3.63, 3.8) is 0 Å². The molecule has 0 atom stereocenters. The number of carbonyl (C=O) groups excluding carboxylic acids is 1. The SMILES string of the molecule is O=C1CN(C2CC2)CCN1Cc1ccccc1. The molecule has 0 bridgehead atoms. The number of hydrogen-bond acceptors (Lipinski definition) is 2. The van der Waals surface area contributed by atoms with E-state index >= 15 is 0 Å². The second-order valence-corrected chi connectivity index (χ2v) is 5.00. The van der Waals surface area contributed by atoms with Crippen molar-refractivity contribution >= 4 is 5.91 Å². The third-order valence-electron chi connectivity index (χ3n) is 3.63. The highest BCUT2D eigenvalue weighted by molar-refractivity contribution is 5.79. The van der Waals surface area contributed by atoms with E-state index in [0.717, 1.165) is 19.6 Å². The number of piperazine rings is 1.